The second-order valence-electron chi connectivity index (χ2n) is 6.59. The summed E-state index contributed by atoms with van der Waals surface area (Å²) in [6, 6.07) is 7.44. The molecule has 2 amide bonds. The number of amides is 2. The molecule has 1 fully saturated rings. The number of nitrogens with zero attached hydrogens (tertiary/aromatic N) is 4. The predicted molar refractivity (Wildman–Crippen MR) is 101 cm³/mol. The maximum atomic E-state index is 12.5. The maximum Gasteiger partial charge on any atom is 0.233 e. The van der Waals surface area contributed by atoms with Crippen molar-refractivity contribution in [1.82, 2.24) is 19.7 Å². The number of carbonyl (C=O) groups is 2. The fourth-order valence-electron chi connectivity index (χ4n) is 3.07. The molecule has 0 aliphatic carbocycles. The lowest BCUT2D eigenvalue weighted by atomic mass is 10.0. The predicted octanol–water partition coefficient (Wildman–Crippen LogP) is 2.58. The minimum absolute atomic E-state index is 0.123. The molecule has 8 heteroatoms. The monoisotopic (exact) mass is 373 g/mol. The fourth-order valence-corrected chi connectivity index (χ4v) is 3.90. The lowest BCUT2D eigenvalue weighted by Gasteiger charge is -2.30. The molecule has 26 heavy (non-hydrogen) atoms. The molecule has 3 rings (SSSR count). The Labute approximate surface area is 157 Å². The molecule has 0 spiro atoms. The number of rotatable bonds is 5. The highest BCUT2D eigenvalue weighted by Gasteiger charge is 2.21. The Bertz CT molecular complexity index is 791. The molecule has 1 N–H and O–H groups in total. The Morgan fingerprint density at radius 2 is 2.23 bits per heavy atom. The smallest absolute Gasteiger partial charge is 0.233 e. The van der Waals surface area contributed by atoms with E-state index >= 15 is 0 Å². The van der Waals surface area contributed by atoms with Gasteiger partial charge in [0.25, 0.3) is 0 Å². The molecule has 138 valence electrons. The number of likely N-dealkylation sites (tertiary alicyclic amines) is 1. The zero-order valence-corrected chi connectivity index (χ0v) is 15.8. The lowest BCUT2D eigenvalue weighted by Crippen LogP contribution is -2.40. The van der Waals surface area contributed by atoms with E-state index in [2.05, 4.69) is 22.4 Å². The van der Waals surface area contributed by atoms with Crippen LogP contribution in [0.5, 0.6) is 0 Å². The van der Waals surface area contributed by atoms with Gasteiger partial charge in [-0.25, -0.2) is 0 Å². The number of piperidine rings is 1. The van der Waals surface area contributed by atoms with Crippen LogP contribution in [-0.2, 0) is 9.59 Å². The first kappa shape index (κ1) is 18.4. The van der Waals surface area contributed by atoms with Crippen molar-refractivity contribution in [2.45, 2.75) is 31.8 Å². The van der Waals surface area contributed by atoms with Gasteiger partial charge in [-0.15, -0.1) is 10.2 Å². The standard InChI is InChI=1S/C18H23N5O2S/c1-13-5-4-8-22(10-13)17(25)11-26-18-21-19-12-23(18)16-7-3-6-15(9-16)20-14(2)24/h3,6-7,9,12-13H,4-5,8,10-11H2,1-2H3,(H,20,24). The second-order valence-corrected chi connectivity index (χ2v) is 7.53. The van der Waals surface area contributed by atoms with Gasteiger partial charge < -0.3 is 10.2 Å². The summed E-state index contributed by atoms with van der Waals surface area (Å²) in [4.78, 5) is 25.6. The summed E-state index contributed by atoms with van der Waals surface area (Å²) in [6.07, 6.45) is 3.88. The first-order valence-corrected chi connectivity index (χ1v) is 9.70. The van der Waals surface area contributed by atoms with E-state index in [-0.39, 0.29) is 11.8 Å². The molecule has 1 aliphatic rings. The van der Waals surface area contributed by atoms with Crippen molar-refractivity contribution in [2.75, 3.05) is 24.2 Å². The Kier molecular flexibility index (Phi) is 5.92. The average molecular weight is 373 g/mol. The Morgan fingerprint density at radius 1 is 1.38 bits per heavy atom. The van der Waals surface area contributed by atoms with Crippen LogP contribution in [0.25, 0.3) is 5.69 Å². The highest BCUT2D eigenvalue weighted by molar-refractivity contribution is 7.99. The van der Waals surface area contributed by atoms with E-state index < -0.39 is 0 Å². The minimum atomic E-state index is -0.123. The summed E-state index contributed by atoms with van der Waals surface area (Å²) in [6.45, 7) is 5.34. The summed E-state index contributed by atoms with van der Waals surface area (Å²) >= 11 is 1.38. The van der Waals surface area contributed by atoms with Crippen LogP contribution >= 0.6 is 11.8 Å². The van der Waals surface area contributed by atoms with Gasteiger partial charge in [0.1, 0.15) is 6.33 Å². The largest absolute Gasteiger partial charge is 0.342 e. The molecule has 1 atom stereocenters. The molecule has 1 aromatic carbocycles. The topological polar surface area (TPSA) is 80.1 Å². The molecule has 1 unspecified atom stereocenters. The Morgan fingerprint density at radius 3 is 3.00 bits per heavy atom. The van der Waals surface area contributed by atoms with Crippen molar-refractivity contribution in [3.05, 3.63) is 30.6 Å². The molecular weight excluding hydrogens is 350 g/mol. The molecule has 0 radical (unpaired) electrons. The highest BCUT2D eigenvalue weighted by Crippen LogP contribution is 2.23. The second kappa shape index (κ2) is 8.35. The van der Waals surface area contributed by atoms with Crippen molar-refractivity contribution in [2.24, 2.45) is 5.92 Å². The van der Waals surface area contributed by atoms with E-state index in [4.69, 9.17) is 0 Å². The number of benzene rings is 1. The van der Waals surface area contributed by atoms with Crippen LogP contribution in [-0.4, -0.2) is 50.3 Å². The number of thioether (sulfide) groups is 1. The SMILES string of the molecule is CC(=O)Nc1cccc(-n2cnnc2SCC(=O)N2CCCC(C)C2)c1. The Hall–Kier alpha value is -2.35. The van der Waals surface area contributed by atoms with Crippen molar-refractivity contribution in [3.8, 4) is 5.69 Å². The van der Waals surface area contributed by atoms with Crippen LogP contribution in [0.15, 0.2) is 35.7 Å². The number of carbonyl (C=O) groups excluding carboxylic acids is 2. The summed E-state index contributed by atoms with van der Waals surface area (Å²) in [5, 5.41) is 11.5. The number of hydrogen-bond acceptors (Lipinski definition) is 5. The third-order valence-electron chi connectivity index (χ3n) is 4.30. The number of aromatic nitrogens is 3. The summed E-state index contributed by atoms with van der Waals surface area (Å²) in [7, 11) is 0. The van der Waals surface area contributed by atoms with Crippen LogP contribution in [0.4, 0.5) is 5.69 Å². The molecule has 7 nitrogen and oxygen atoms in total. The lowest BCUT2D eigenvalue weighted by molar-refractivity contribution is -0.130. The van der Waals surface area contributed by atoms with Crippen LogP contribution < -0.4 is 5.32 Å². The molecule has 2 heterocycles. The number of hydrogen-bond donors (Lipinski definition) is 1. The number of nitrogens with one attached hydrogen (secondary N) is 1. The van der Waals surface area contributed by atoms with Gasteiger partial charge in [0, 0.05) is 25.7 Å². The van der Waals surface area contributed by atoms with Gasteiger partial charge in [-0.3, -0.25) is 14.2 Å². The number of anilines is 1. The highest BCUT2D eigenvalue weighted by atomic mass is 32.2. The van der Waals surface area contributed by atoms with E-state index in [0.717, 1.165) is 25.2 Å². The zero-order chi connectivity index (χ0) is 18.5. The van der Waals surface area contributed by atoms with Gasteiger partial charge in [-0.1, -0.05) is 24.8 Å². The first-order chi connectivity index (χ1) is 12.5. The van der Waals surface area contributed by atoms with Crippen LogP contribution in [0.1, 0.15) is 26.7 Å². The van der Waals surface area contributed by atoms with Crippen LogP contribution in [0.3, 0.4) is 0 Å². The molecule has 1 aromatic heterocycles. The average Bonchev–Trinajstić information content (AvgIpc) is 3.08. The third-order valence-corrected chi connectivity index (χ3v) is 5.22. The van der Waals surface area contributed by atoms with E-state index in [9.17, 15) is 9.59 Å². The van der Waals surface area contributed by atoms with Gasteiger partial charge >= 0.3 is 0 Å². The third kappa shape index (κ3) is 4.63. The summed E-state index contributed by atoms with van der Waals surface area (Å²) < 4.78 is 1.82. The van der Waals surface area contributed by atoms with Crippen molar-refractivity contribution >= 4 is 29.3 Å². The summed E-state index contributed by atoms with van der Waals surface area (Å²) in [5.74, 6) is 0.930. The van der Waals surface area contributed by atoms with Gasteiger partial charge in [0.15, 0.2) is 5.16 Å². The molecule has 1 aliphatic heterocycles. The van der Waals surface area contributed by atoms with Crippen molar-refractivity contribution in [3.63, 3.8) is 0 Å². The van der Waals surface area contributed by atoms with Crippen LogP contribution in [0, 0.1) is 5.92 Å². The van der Waals surface area contributed by atoms with Gasteiger partial charge in [-0.05, 0) is 37.0 Å². The van der Waals surface area contributed by atoms with Gasteiger partial charge in [-0.2, -0.15) is 0 Å². The van der Waals surface area contributed by atoms with Crippen molar-refractivity contribution < 1.29 is 9.59 Å². The van der Waals surface area contributed by atoms with E-state index in [1.807, 2.05) is 33.7 Å². The van der Waals surface area contributed by atoms with Crippen LogP contribution in [0.2, 0.25) is 0 Å². The molecule has 0 saturated carbocycles. The molecule has 2 aromatic rings. The van der Waals surface area contributed by atoms with E-state index in [1.54, 1.807) is 6.33 Å². The molecular formula is C18H23N5O2S. The summed E-state index contributed by atoms with van der Waals surface area (Å²) in [5.41, 5.74) is 1.54. The maximum absolute atomic E-state index is 12.5. The van der Waals surface area contributed by atoms with E-state index in [1.165, 1.54) is 25.1 Å². The van der Waals surface area contributed by atoms with Gasteiger partial charge in [0.2, 0.25) is 11.8 Å². The van der Waals surface area contributed by atoms with Gasteiger partial charge in [0.05, 0.1) is 11.4 Å². The quantitative estimate of drug-likeness (QED) is 0.815. The minimum Gasteiger partial charge on any atom is -0.342 e. The zero-order valence-electron chi connectivity index (χ0n) is 15.0. The fraction of sp³-hybridized carbons (Fsp3) is 0.444. The molecule has 0 bridgehead atoms. The Balaban J connectivity index is 1.67. The van der Waals surface area contributed by atoms with E-state index in [0.29, 0.717) is 22.5 Å². The van der Waals surface area contributed by atoms with Crippen molar-refractivity contribution in [1.29, 1.82) is 0 Å². The first-order valence-electron chi connectivity index (χ1n) is 8.71. The molecule has 1 saturated heterocycles. The normalized spacial score (nSPS) is 17.2.